The van der Waals surface area contributed by atoms with E-state index in [1.54, 1.807) is 69.4 Å². The van der Waals surface area contributed by atoms with Gasteiger partial charge < -0.3 is 19.9 Å². The molecule has 0 aliphatic rings. The molecule has 2 aromatic carbocycles. The number of carbonyl (C=O) groups excluding carboxylic acids is 1. The Morgan fingerprint density at radius 3 is 2.32 bits per heavy atom. The van der Waals surface area contributed by atoms with E-state index in [1.165, 1.54) is 7.11 Å². The van der Waals surface area contributed by atoms with Crippen molar-refractivity contribution in [1.29, 1.82) is 0 Å². The highest BCUT2D eigenvalue weighted by molar-refractivity contribution is 6.31. The van der Waals surface area contributed by atoms with E-state index in [1.807, 2.05) is 20.8 Å². The van der Waals surface area contributed by atoms with Crippen LogP contribution in [0.2, 0.25) is 5.02 Å². The summed E-state index contributed by atoms with van der Waals surface area (Å²) in [6.07, 6.45) is 0.835. The van der Waals surface area contributed by atoms with Gasteiger partial charge in [-0.2, -0.15) is 0 Å². The Morgan fingerprint density at radius 2 is 1.73 bits per heavy atom. The maximum absolute atomic E-state index is 13.0. The summed E-state index contributed by atoms with van der Waals surface area (Å²) >= 11 is 6.31. The number of carbonyl (C=O) groups is 2. The van der Waals surface area contributed by atoms with Gasteiger partial charge in [0.05, 0.1) is 12.7 Å². The smallest absolute Gasteiger partial charge is 0.440 e. The zero-order valence-corrected chi connectivity index (χ0v) is 22.7. The number of hydroxylamine groups is 1. The Hall–Kier alpha value is -3.56. The number of carboxylic acids is 1. The Balaban J connectivity index is 2.02. The lowest BCUT2D eigenvalue weighted by Gasteiger charge is -2.31. The molecule has 1 atom stereocenters. The van der Waals surface area contributed by atoms with Crippen LogP contribution in [0.1, 0.15) is 53.1 Å². The number of ether oxygens (including phenoxy) is 2. The van der Waals surface area contributed by atoms with Crippen molar-refractivity contribution in [3.63, 3.8) is 0 Å². The minimum atomic E-state index is -1.14. The molecule has 10 heteroatoms. The molecule has 0 aliphatic heterocycles. The van der Waals surface area contributed by atoms with Gasteiger partial charge in [-0.05, 0) is 89.4 Å². The lowest BCUT2D eigenvalue weighted by Crippen LogP contribution is -2.42. The number of hydrogen-bond donors (Lipinski definition) is 2. The van der Waals surface area contributed by atoms with Gasteiger partial charge >= 0.3 is 12.1 Å². The number of aliphatic carboxylic acids is 1. The van der Waals surface area contributed by atoms with Crippen molar-refractivity contribution in [2.45, 2.75) is 58.8 Å². The van der Waals surface area contributed by atoms with Gasteiger partial charge in [0, 0.05) is 27.9 Å². The highest BCUT2D eigenvalue weighted by Gasteiger charge is 2.31. The maximum atomic E-state index is 13.0. The average molecular weight is 530 g/mol. The number of pyridine rings is 1. The van der Waals surface area contributed by atoms with Crippen LogP contribution in [-0.2, 0) is 14.4 Å². The molecule has 0 aliphatic carbocycles. The van der Waals surface area contributed by atoms with Crippen LogP contribution in [0.25, 0.3) is 10.8 Å². The lowest BCUT2D eigenvalue weighted by atomic mass is 10.1. The average Bonchev–Trinajstić information content (AvgIpc) is 2.79. The number of fused-ring (bicyclic) bond motifs is 1. The van der Waals surface area contributed by atoms with Crippen molar-refractivity contribution < 1.29 is 29.0 Å². The van der Waals surface area contributed by atoms with Crippen LogP contribution in [0.4, 0.5) is 16.3 Å². The third-order valence-corrected chi connectivity index (χ3v) is 5.28. The molecule has 9 nitrogen and oxygen atoms in total. The quantitative estimate of drug-likeness (QED) is 0.329. The molecule has 198 valence electrons. The summed E-state index contributed by atoms with van der Waals surface area (Å²) in [5.41, 5.74) is -0.575. The number of nitrogens with zero attached hydrogens (tertiary/aromatic N) is 2. The second-order valence-electron chi connectivity index (χ2n) is 10.4. The fraction of sp³-hybridized carbons (Fsp3) is 0.370. The first-order valence-electron chi connectivity index (χ1n) is 11.6. The SMILES string of the molecule is COc1ccc(Cl)c(C(Nc2ccc3c(N(OC(C)(C)C)C(=O)OC(C)(C)C)nccc3c2)C(=O)O)c1. The monoisotopic (exact) mass is 529 g/mol. The Kier molecular flexibility index (Phi) is 8.19. The molecule has 0 fully saturated rings. The van der Waals surface area contributed by atoms with Crippen molar-refractivity contribution in [3.05, 3.63) is 59.2 Å². The van der Waals surface area contributed by atoms with Crippen LogP contribution in [0, 0.1) is 0 Å². The molecule has 1 aromatic heterocycles. The largest absolute Gasteiger partial charge is 0.497 e. The molecule has 0 saturated heterocycles. The van der Waals surface area contributed by atoms with E-state index in [0.717, 1.165) is 5.06 Å². The number of rotatable bonds is 7. The summed E-state index contributed by atoms with van der Waals surface area (Å²) < 4.78 is 10.8. The molecule has 3 aromatic rings. The first-order valence-corrected chi connectivity index (χ1v) is 12.0. The van der Waals surface area contributed by atoms with Gasteiger partial charge in [0.15, 0.2) is 11.9 Å². The van der Waals surface area contributed by atoms with E-state index < -0.39 is 29.3 Å². The molecule has 3 rings (SSSR count). The van der Waals surface area contributed by atoms with Crippen LogP contribution in [0.3, 0.4) is 0 Å². The van der Waals surface area contributed by atoms with Crippen molar-refractivity contribution in [3.8, 4) is 5.75 Å². The van der Waals surface area contributed by atoms with Crippen molar-refractivity contribution in [2.75, 3.05) is 17.5 Å². The Morgan fingerprint density at radius 1 is 1.03 bits per heavy atom. The number of methoxy groups -OCH3 is 1. The summed E-state index contributed by atoms with van der Waals surface area (Å²) in [4.78, 5) is 35.5. The maximum Gasteiger partial charge on any atom is 0.440 e. The van der Waals surface area contributed by atoms with E-state index in [-0.39, 0.29) is 5.82 Å². The molecular weight excluding hydrogens is 498 g/mol. The molecule has 1 heterocycles. The zero-order chi connectivity index (χ0) is 27.5. The van der Waals surface area contributed by atoms with Gasteiger partial charge in [0.1, 0.15) is 11.4 Å². The van der Waals surface area contributed by atoms with Crippen LogP contribution >= 0.6 is 11.6 Å². The number of benzene rings is 2. The van der Waals surface area contributed by atoms with Gasteiger partial charge in [-0.25, -0.2) is 14.6 Å². The van der Waals surface area contributed by atoms with Crippen LogP contribution in [-0.4, -0.2) is 40.5 Å². The molecular formula is C27H32ClN3O6. The Bertz CT molecular complexity index is 1300. The predicted molar refractivity (Wildman–Crippen MR) is 143 cm³/mol. The van der Waals surface area contributed by atoms with Gasteiger partial charge in [-0.1, -0.05) is 11.6 Å². The van der Waals surface area contributed by atoms with E-state index >= 15 is 0 Å². The third kappa shape index (κ3) is 7.24. The number of halogens is 1. The fourth-order valence-electron chi connectivity index (χ4n) is 3.47. The van der Waals surface area contributed by atoms with E-state index in [2.05, 4.69) is 10.3 Å². The summed E-state index contributed by atoms with van der Waals surface area (Å²) in [7, 11) is 1.50. The highest BCUT2D eigenvalue weighted by Crippen LogP contribution is 2.33. The number of carboxylic acid groups (broad SMARTS) is 1. The summed E-state index contributed by atoms with van der Waals surface area (Å²) in [5.74, 6) is -0.373. The minimum absolute atomic E-state index is 0.249. The number of aromatic nitrogens is 1. The van der Waals surface area contributed by atoms with Crippen molar-refractivity contribution in [1.82, 2.24) is 4.98 Å². The molecule has 0 radical (unpaired) electrons. The number of anilines is 2. The molecule has 2 N–H and O–H groups in total. The minimum Gasteiger partial charge on any atom is -0.497 e. The molecule has 0 spiro atoms. The van der Waals surface area contributed by atoms with Crippen LogP contribution < -0.4 is 15.1 Å². The van der Waals surface area contributed by atoms with Gasteiger partial charge in [-0.15, -0.1) is 5.06 Å². The first-order chi connectivity index (χ1) is 17.2. The normalized spacial score (nSPS) is 12.6. The van der Waals surface area contributed by atoms with E-state index in [4.69, 9.17) is 25.9 Å². The van der Waals surface area contributed by atoms with Gasteiger partial charge in [0.25, 0.3) is 0 Å². The third-order valence-electron chi connectivity index (χ3n) is 4.93. The summed E-state index contributed by atoms with van der Waals surface area (Å²) in [5, 5.41) is 15.6. The molecule has 1 amide bonds. The van der Waals surface area contributed by atoms with Crippen molar-refractivity contribution in [2.24, 2.45) is 0 Å². The van der Waals surface area contributed by atoms with Crippen LogP contribution in [0.5, 0.6) is 5.75 Å². The second kappa shape index (κ2) is 10.8. The zero-order valence-electron chi connectivity index (χ0n) is 22.0. The molecule has 0 bridgehead atoms. The number of amides is 1. The number of hydrogen-bond acceptors (Lipinski definition) is 7. The Labute approximate surface area is 221 Å². The first kappa shape index (κ1) is 28.0. The number of nitrogens with one attached hydrogen (secondary N) is 1. The molecule has 37 heavy (non-hydrogen) atoms. The van der Waals surface area contributed by atoms with Crippen molar-refractivity contribution >= 4 is 45.9 Å². The van der Waals surface area contributed by atoms with E-state index in [9.17, 15) is 14.7 Å². The predicted octanol–water partition coefficient (Wildman–Crippen LogP) is 6.61. The summed E-state index contributed by atoms with van der Waals surface area (Å²) in [6.45, 7) is 10.7. The van der Waals surface area contributed by atoms with Crippen LogP contribution in [0.15, 0.2) is 48.7 Å². The highest BCUT2D eigenvalue weighted by atomic mass is 35.5. The lowest BCUT2D eigenvalue weighted by molar-refractivity contribution is -0.138. The molecule has 1 unspecified atom stereocenters. The topological polar surface area (TPSA) is 110 Å². The standard InChI is InChI=1S/C27H32ClN3O6/c1-26(2,3)36-25(34)31(37-27(4,5)6)23-19-10-8-17(14-16(19)12-13-29-23)30-22(24(32)33)20-15-18(35-7)9-11-21(20)28/h8-15,22,30H,1-7H3,(H,32,33). The van der Waals surface area contributed by atoms with Gasteiger partial charge in [-0.3, -0.25) is 4.84 Å². The second-order valence-corrected chi connectivity index (χ2v) is 10.8. The summed E-state index contributed by atoms with van der Waals surface area (Å²) in [6, 6.07) is 10.6. The molecule has 0 saturated carbocycles. The van der Waals surface area contributed by atoms with Gasteiger partial charge in [0.2, 0.25) is 0 Å². The fourth-order valence-corrected chi connectivity index (χ4v) is 3.69. The van der Waals surface area contributed by atoms with E-state index in [0.29, 0.717) is 32.8 Å².